The van der Waals surface area contributed by atoms with E-state index >= 15 is 0 Å². The van der Waals surface area contributed by atoms with E-state index in [0.29, 0.717) is 0 Å². The number of hydrogen-bond donors (Lipinski definition) is 0. The predicted molar refractivity (Wildman–Crippen MR) is 38.7 cm³/mol. The Hall–Kier alpha value is 0.630. The number of nitrogens with zero attached hydrogens (tertiary/aromatic N) is 2. The van der Waals surface area contributed by atoms with Crippen molar-refractivity contribution in [3.05, 3.63) is 10.1 Å². The zero-order valence-electron chi connectivity index (χ0n) is 3.22. The molecule has 8 heteroatoms. The summed E-state index contributed by atoms with van der Waals surface area (Å²) in [6.45, 7) is 0. The van der Waals surface area contributed by atoms with Crippen LogP contribution in [0.15, 0.2) is 0 Å². The molecule has 0 amide bonds. The van der Waals surface area contributed by atoms with Crippen LogP contribution in [0, 0.1) is 10.1 Å². The monoisotopic (exact) mass is 320 g/mol. The third kappa shape index (κ3) is 2.82. The van der Waals surface area contributed by atoms with Crippen LogP contribution < -0.4 is 0 Å². The van der Waals surface area contributed by atoms with Crippen molar-refractivity contribution in [2.75, 3.05) is 0 Å². The summed E-state index contributed by atoms with van der Waals surface area (Å²) in [6.07, 6.45) is 0. The Bertz CT molecular complexity index is 100. The molecule has 0 N–H and O–H groups in total. The van der Waals surface area contributed by atoms with E-state index in [9.17, 15) is 14.6 Å². The molecule has 0 fully saturated rings. The van der Waals surface area contributed by atoms with Crippen molar-refractivity contribution in [1.82, 2.24) is 3.44 Å². The van der Waals surface area contributed by atoms with Gasteiger partial charge in [0, 0.05) is 0 Å². The number of nitro groups is 1. The second-order valence-electron chi connectivity index (χ2n) is 0.635. The molecular weight excluding hydrogens is 321 g/mol. The summed E-state index contributed by atoms with van der Waals surface area (Å²) >= 11 is -0.148. The first kappa shape index (κ1) is 8.63. The van der Waals surface area contributed by atoms with Crippen molar-refractivity contribution in [3.63, 3.8) is 0 Å². The van der Waals surface area contributed by atoms with Gasteiger partial charge < -0.3 is 0 Å². The molecule has 0 spiro atoms. The summed E-state index contributed by atoms with van der Waals surface area (Å²) in [5.41, 5.74) is 0. The van der Waals surface area contributed by atoms with E-state index in [1.54, 1.807) is 0 Å². The van der Waals surface area contributed by atoms with Crippen LogP contribution in [0.1, 0.15) is 0 Å². The molecule has 0 aromatic carbocycles. The molecule has 0 saturated carbocycles. The van der Waals surface area contributed by atoms with Gasteiger partial charge in [-0.1, -0.05) is 0 Å². The molecule has 0 saturated heterocycles. The molecule has 0 rings (SSSR count). The van der Waals surface area contributed by atoms with Crippen molar-refractivity contribution >= 4 is 38.3 Å². The maximum atomic E-state index is 11.7. The van der Waals surface area contributed by atoms with E-state index in [4.69, 9.17) is 8.91 Å². The topological polar surface area (TPSA) is 46.4 Å². The van der Waals surface area contributed by atoms with Gasteiger partial charge in [-0.25, -0.2) is 0 Å². The van der Waals surface area contributed by atoms with Crippen LogP contribution in [-0.4, -0.2) is 8.48 Å². The molecule has 0 heterocycles. The third-order valence-electron chi connectivity index (χ3n) is 0.229. The first-order chi connectivity index (χ1) is 3.55. The van der Waals surface area contributed by atoms with Crippen molar-refractivity contribution in [3.8, 4) is 0 Å². The van der Waals surface area contributed by atoms with E-state index in [1.165, 1.54) is 0 Å². The number of hydrogen-bond acceptors (Lipinski definition) is 2. The minimum absolute atomic E-state index is 0.606. The van der Waals surface area contributed by atoms with Gasteiger partial charge in [0.05, 0.1) is 0 Å². The van der Waals surface area contributed by atoms with E-state index in [2.05, 4.69) is 12.7 Å². The van der Waals surface area contributed by atoms with Crippen LogP contribution in [0.25, 0.3) is 0 Å². The molecular formula is BrClFIN2O2. The average Bonchev–Trinajstić information content (AvgIpc) is 1.64. The van der Waals surface area contributed by atoms with Gasteiger partial charge in [-0.05, 0) is 0 Å². The molecule has 0 aliphatic heterocycles. The van der Waals surface area contributed by atoms with Gasteiger partial charge in [0.2, 0.25) is 0 Å². The molecule has 0 aromatic heterocycles. The molecule has 0 unspecified atom stereocenters. The molecule has 8 heavy (non-hydrogen) atoms. The third-order valence-corrected chi connectivity index (χ3v) is 3.37. The fourth-order valence-electron chi connectivity index (χ4n) is 0.0467. The number of rotatable bonds is 2. The Kier molecular flexibility index (Phi) is 3.90. The second kappa shape index (κ2) is 3.62. The Balaban J connectivity index is 3.64. The van der Waals surface area contributed by atoms with Gasteiger partial charge in [-0.15, -0.1) is 0 Å². The molecule has 0 aliphatic carbocycles. The Morgan fingerprint density at radius 1 is 2.00 bits per heavy atom. The minimum atomic E-state index is -2.72. The molecule has 0 aromatic rings. The van der Waals surface area contributed by atoms with E-state index < -0.39 is 25.2 Å². The molecule has 50 valence electrons. The SMILES string of the molecule is O=[N+]([O-])N(F)I(Cl)Br. The molecule has 0 aliphatic rings. The normalized spacial score (nSPS) is 10.6. The van der Waals surface area contributed by atoms with Crippen LogP contribution in [0.3, 0.4) is 0 Å². The van der Waals surface area contributed by atoms with Gasteiger partial charge in [-0.3, -0.25) is 0 Å². The Morgan fingerprint density at radius 3 is 2.38 bits per heavy atom. The van der Waals surface area contributed by atoms with Gasteiger partial charge in [-0.2, -0.15) is 0 Å². The van der Waals surface area contributed by atoms with Gasteiger partial charge in [0.1, 0.15) is 0 Å². The summed E-state index contributed by atoms with van der Waals surface area (Å²) in [5.74, 6) is 0. The van der Waals surface area contributed by atoms with E-state index in [1.807, 2.05) is 0 Å². The van der Waals surface area contributed by atoms with Crippen LogP contribution in [-0.2, 0) is 0 Å². The Labute approximate surface area is 61.2 Å². The summed E-state index contributed by atoms with van der Waals surface area (Å²) in [4.78, 5) is 9.42. The Morgan fingerprint density at radius 2 is 2.38 bits per heavy atom. The quantitative estimate of drug-likeness (QED) is 0.339. The van der Waals surface area contributed by atoms with Gasteiger partial charge in [0.25, 0.3) is 0 Å². The second-order valence-corrected chi connectivity index (χ2v) is 10.4. The molecule has 0 radical (unpaired) electrons. The van der Waals surface area contributed by atoms with E-state index in [0.717, 1.165) is 0 Å². The summed E-state index contributed by atoms with van der Waals surface area (Å²) < 4.78 is 11.1. The van der Waals surface area contributed by atoms with Crippen molar-refractivity contribution in [2.24, 2.45) is 0 Å². The van der Waals surface area contributed by atoms with Gasteiger partial charge in [0.15, 0.2) is 0 Å². The molecule has 0 atom stereocenters. The molecule has 4 nitrogen and oxygen atoms in total. The zero-order chi connectivity index (χ0) is 6.73. The first-order valence-electron chi connectivity index (χ1n) is 1.19. The fraction of sp³-hybridized carbons (Fsp3) is 0. The van der Waals surface area contributed by atoms with Crippen LogP contribution in [0.2, 0.25) is 0 Å². The number of halogens is 4. The van der Waals surface area contributed by atoms with Crippen molar-refractivity contribution in [1.29, 1.82) is 0 Å². The van der Waals surface area contributed by atoms with Crippen molar-refractivity contribution < 1.29 is 9.51 Å². The predicted octanol–water partition coefficient (Wildman–Crippen LogP) is 2.25. The summed E-state index contributed by atoms with van der Waals surface area (Å²) in [6, 6.07) is 0. The zero-order valence-corrected chi connectivity index (χ0v) is 7.72. The van der Waals surface area contributed by atoms with Crippen LogP contribution >= 0.6 is 38.3 Å². The van der Waals surface area contributed by atoms with Gasteiger partial charge >= 0.3 is 61.4 Å². The summed E-state index contributed by atoms with van der Waals surface area (Å²) in [5, 5.41) is 8.22. The van der Waals surface area contributed by atoms with Crippen molar-refractivity contribution in [2.45, 2.75) is 0 Å². The first-order valence-corrected chi connectivity index (χ1v) is 9.72. The molecule has 0 bridgehead atoms. The fourth-order valence-corrected chi connectivity index (χ4v) is 1.28. The van der Waals surface area contributed by atoms with E-state index in [-0.39, 0.29) is 0 Å². The maximum absolute atomic E-state index is 11.7. The van der Waals surface area contributed by atoms with Crippen LogP contribution in [0.4, 0.5) is 4.48 Å². The standard InChI is InChI=1S/BrClFIN2O2/c1-4(2)5(3)6(7)8. The average molecular weight is 321 g/mol. The summed E-state index contributed by atoms with van der Waals surface area (Å²) in [7, 11) is 5.01. The number of hydrazine groups is 1. The van der Waals surface area contributed by atoms with Crippen LogP contribution in [0.5, 0.6) is 0 Å².